The zero-order valence-electron chi connectivity index (χ0n) is 10.7. The van der Waals surface area contributed by atoms with Gasteiger partial charge in [0.1, 0.15) is 0 Å². The second-order valence-corrected chi connectivity index (χ2v) is 5.33. The summed E-state index contributed by atoms with van der Waals surface area (Å²) in [6, 6.07) is 0. The van der Waals surface area contributed by atoms with E-state index in [0.29, 0.717) is 12.5 Å². The predicted octanol–water partition coefficient (Wildman–Crippen LogP) is -0.679. The Morgan fingerprint density at radius 1 is 0.941 bits per heavy atom. The van der Waals surface area contributed by atoms with Gasteiger partial charge in [-0.1, -0.05) is 26.2 Å². The van der Waals surface area contributed by atoms with E-state index in [1.54, 1.807) is 0 Å². The first-order chi connectivity index (χ1) is 7.76. The average molecular weight is 245 g/mol. The van der Waals surface area contributed by atoms with Crippen LogP contribution >= 0.6 is 0 Å². The molecule has 0 spiro atoms. The lowest BCUT2D eigenvalue weighted by Gasteiger charge is -2.38. The van der Waals surface area contributed by atoms with E-state index in [0.717, 1.165) is 18.8 Å². The molecule has 0 aromatic carbocycles. The molecule has 6 nitrogen and oxygen atoms in total. The molecule has 10 N–H and O–H groups in total. The minimum atomic E-state index is -1.73. The van der Waals surface area contributed by atoms with Gasteiger partial charge in [0.25, 0.3) is 0 Å². The first-order valence-electron chi connectivity index (χ1n) is 6.34. The Kier molecular flexibility index (Phi) is 4.88. The van der Waals surface area contributed by atoms with E-state index >= 15 is 0 Å². The fraction of sp³-hybridized carbons (Fsp3) is 1.00. The van der Waals surface area contributed by atoms with E-state index in [4.69, 9.17) is 33.4 Å². The van der Waals surface area contributed by atoms with E-state index in [1.165, 1.54) is 19.3 Å². The quantitative estimate of drug-likeness (QED) is 0.407. The second kappa shape index (κ2) is 5.60. The lowest BCUT2D eigenvalue weighted by Crippen LogP contribution is -2.82. The molecule has 6 heteroatoms. The lowest BCUT2D eigenvalue weighted by molar-refractivity contribution is -0.105. The van der Waals surface area contributed by atoms with Crippen LogP contribution in [0.2, 0.25) is 0 Å². The fourth-order valence-electron chi connectivity index (χ4n) is 2.19. The van der Waals surface area contributed by atoms with Crippen LogP contribution in [-0.2, 0) is 4.74 Å². The molecule has 1 aliphatic carbocycles. The number of hydrogen-bond donors (Lipinski definition) is 5. The fourth-order valence-corrected chi connectivity index (χ4v) is 2.19. The molecule has 1 saturated carbocycles. The van der Waals surface area contributed by atoms with Crippen LogP contribution in [0.25, 0.3) is 0 Å². The van der Waals surface area contributed by atoms with Crippen molar-refractivity contribution in [3.8, 4) is 0 Å². The molecule has 0 bridgehead atoms. The van der Waals surface area contributed by atoms with Gasteiger partial charge in [0.15, 0.2) is 5.79 Å². The highest BCUT2D eigenvalue weighted by atomic mass is 16.5. The third kappa shape index (κ3) is 4.17. The van der Waals surface area contributed by atoms with Crippen molar-refractivity contribution in [1.82, 2.24) is 0 Å². The summed E-state index contributed by atoms with van der Waals surface area (Å²) in [5, 5.41) is 0. The summed E-state index contributed by atoms with van der Waals surface area (Å²) in [6.45, 7) is 2.70. The van der Waals surface area contributed by atoms with Crippen molar-refractivity contribution >= 4 is 0 Å². The summed E-state index contributed by atoms with van der Waals surface area (Å²) in [5.41, 5.74) is 27.6. The topological polar surface area (TPSA) is 139 Å². The number of nitrogens with two attached hydrogens (primary N) is 5. The van der Waals surface area contributed by atoms with Crippen molar-refractivity contribution in [3.63, 3.8) is 0 Å². The Bertz CT molecular complexity index is 231. The van der Waals surface area contributed by atoms with Crippen LogP contribution in [0.3, 0.4) is 0 Å². The van der Waals surface area contributed by atoms with Gasteiger partial charge in [-0.25, -0.2) is 0 Å². The Balaban J connectivity index is 2.33. The molecule has 0 unspecified atom stereocenters. The molecule has 0 atom stereocenters. The van der Waals surface area contributed by atoms with Gasteiger partial charge >= 0.3 is 0 Å². The summed E-state index contributed by atoms with van der Waals surface area (Å²) in [5.74, 6) is -2.08. The third-order valence-electron chi connectivity index (χ3n) is 3.78. The molecule has 1 rings (SSSR count). The molecule has 0 aliphatic heterocycles. The van der Waals surface area contributed by atoms with Gasteiger partial charge in [-0.3, -0.25) is 28.7 Å². The number of hydrogen-bond acceptors (Lipinski definition) is 6. The van der Waals surface area contributed by atoms with Crippen molar-refractivity contribution in [2.45, 2.75) is 50.7 Å². The first kappa shape index (κ1) is 14.8. The van der Waals surface area contributed by atoms with Crippen LogP contribution in [0.1, 0.15) is 39.0 Å². The van der Waals surface area contributed by atoms with Crippen molar-refractivity contribution in [2.75, 3.05) is 6.61 Å². The van der Waals surface area contributed by atoms with Crippen LogP contribution in [0, 0.1) is 11.8 Å². The maximum Gasteiger partial charge on any atom is 0.216 e. The van der Waals surface area contributed by atoms with Crippen LogP contribution < -0.4 is 28.7 Å². The SMILES string of the molecule is CCC1CCC(COC(N)(N)C(N)(N)N)CC1. The largest absolute Gasteiger partial charge is 0.343 e. The third-order valence-corrected chi connectivity index (χ3v) is 3.78. The highest BCUT2D eigenvalue weighted by molar-refractivity contribution is 4.87. The Morgan fingerprint density at radius 2 is 1.41 bits per heavy atom. The highest BCUT2D eigenvalue weighted by Crippen LogP contribution is 2.31. The molecule has 0 aromatic rings. The van der Waals surface area contributed by atoms with E-state index in [2.05, 4.69) is 6.92 Å². The summed E-state index contributed by atoms with van der Waals surface area (Å²) < 4.78 is 5.38. The minimum absolute atomic E-state index is 0.469. The van der Waals surface area contributed by atoms with Gasteiger partial charge in [0.2, 0.25) is 5.85 Å². The zero-order valence-corrected chi connectivity index (χ0v) is 10.7. The maximum absolute atomic E-state index is 5.64. The van der Waals surface area contributed by atoms with Gasteiger partial charge in [0, 0.05) is 0 Å². The highest BCUT2D eigenvalue weighted by Gasteiger charge is 2.38. The Hall–Kier alpha value is -0.240. The molecule has 0 heterocycles. The van der Waals surface area contributed by atoms with Crippen molar-refractivity contribution in [2.24, 2.45) is 40.5 Å². The van der Waals surface area contributed by atoms with Gasteiger partial charge in [-0.2, -0.15) is 0 Å². The van der Waals surface area contributed by atoms with Crippen LogP contribution in [-0.4, -0.2) is 18.2 Å². The summed E-state index contributed by atoms with van der Waals surface area (Å²) in [4.78, 5) is 0. The molecule has 0 aromatic heterocycles. The smallest absolute Gasteiger partial charge is 0.216 e. The van der Waals surface area contributed by atoms with Gasteiger partial charge in [-0.15, -0.1) is 0 Å². The molecule has 1 fully saturated rings. The number of rotatable bonds is 5. The molecule has 102 valence electrons. The lowest BCUT2D eigenvalue weighted by atomic mass is 9.81. The standard InChI is InChI=1S/C11H27N5O/c1-2-8-3-5-9(6-4-8)7-17-11(15,16)10(12,13)14/h8-9H,2-7,12-16H2,1H3. The van der Waals surface area contributed by atoms with Gasteiger partial charge in [-0.05, 0) is 24.7 Å². The van der Waals surface area contributed by atoms with Crippen LogP contribution in [0.4, 0.5) is 0 Å². The zero-order chi connectivity index (χ0) is 13.1. The van der Waals surface area contributed by atoms with E-state index in [9.17, 15) is 0 Å². The maximum atomic E-state index is 5.64. The molecule has 0 amide bonds. The molecule has 0 radical (unpaired) electrons. The van der Waals surface area contributed by atoms with E-state index < -0.39 is 11.6 Å². The van der Waals surface area contributed by atoms with Crippen molar-refractivity contribution in [1.29, 1.82) is 0 Å². The van der Waals surface area contributed by atoms with E-state index in [-0.39, 0.29) is 0 Å². The molecule has 17 heavy (non-hydrogen) atoms. The summed E-state index contributed by atoms with van der Waals surface area (Å²) in [6.07, 6.45) is 6.02. The average Bonchev–Trinajstić information content (AvgIpc) is 2.25. The predicted molar refractivity (Wildman–Crippen MR) is 68.1 cm³/mol. The minimum Gasteiger partial charge on any atom is -0.343 e. The van der Waals surface area contributed by atoms with E-state index in [1.807, 2.05) is 0 Å². The second-order valence-electron chi connectivity index (χ2n) is 5.33. The number of ether oxygens (including phenoxy) is 1. The van der Waals surface area contributed by atoms with Crippen LogP contribution in [0.5, 0.6) is 0 Å². The first-order valence-corrected chi connectivity index (χ1v) is 6.34. The van der Waals surface area contributed by atoms with Gasteiger partial charge < -0.3 is 4.74 Å². The molecular formula is C11H27N5O. The normalized spacial score (nSPS) is 27.2. The van der Waals surface area contributed by atoms with Crippen molar-refractivity contribution in [3.05, 3.63) is 0 Å². The Morgan fingerprint density at radius 3 is 1.82 bits per heavy atom. The molecule has 1 aliphatic rings. The van der Waals surface area contributed by atoms with Crippen molar-refractivity contribution < 1.29 is 4.74 Å². The Labute approximate surface area is 103 Å². The summed E-state index contributed by atoms with van der Waals surface area (Å²) in [7, 11) is 0. The molecule has 0 saturated heterocycles. The van der Waals surface area contributed by atoms with Crippen LogP contribution in [0.15, 0.2) is 0 Å². The monoisotopic (exact) mass is 245 g/mol. The summed E-state index contributed by atoms with van der Waals surface area (Å²) >= 11 is 0. The molecular weight excluding hydrogens is 218 g/mol. The van der Waals surface area contributed by atoms with Gasteiger partial charge in [0.05, 0.1) is 6.61 Å².